The topological polar surface area (TPSA) is 59.0 Å². The van der Waals surface area contributed by atoms with Gasteiger partial charge in [0, 0.05) is 42.9 Å². The smallest absolute Gasteiger partial charge is 0.223 e. The average Bonchev–Trinajstić information content (AvgIpc) is 3.49. The van der Waals surface area contributed by atoms with E-state index in [1.807, 2.05) is 53.2 Å². The van der Waals surface area contributed by atoms with Crippen molar-refractivity contribution >= 4 is 5.91 Å². The lowest BCUT2D eigenvalue weighted by Gasteiger charge is -2.06. The normalized spacial score (nSPS) is 13.5. The molecule has 1 aromatic heterocycles. The van der Waals surface area contributed by atoms with Crippen molar-refractivity contribution in [3.8, 4) is 16.9 Å². The fraction of sp³-hybridized carbons (Fsp3) is 0.273. The largest absolute Gasteiger partial charge is 0.355 e. The number of aromatic nitrogens is 2. The summed E-state index contributed by atoms with van der Waals surface area (Å²) in [6.07, 6.45) is 4.16. The van der Waals surface area contributed by atoms with Crippen molar-refractivity contribution in [3.05, 3.63) is 72.4 Å². The van der Waals surface area contributed by atoms with Gasteiger partial charge in [0.05, 0.1) is 11.4 Å². The van der Waals surface area contributed by atoms with Crippen LogP contribution < -0.4 is 10.6 Å². The van der Waals surface area contributed by atoms with Crippen molar-refractivity contribution in [3.63, 3.8) is 0 Å². The summed E-state index contributed by atoms with van der Waals surface area (Å²) in [5.74, 6) is 0.456. The first-order valence-electron chi connectivity index (χ1n) is 9.49. The summed E-state index contributed by atoms with van der Waals surface area (Å²) >= 11 is 0. The number of hydrogen-bond donors (Lipinski definition) is 2. The van der Waals surface area contributed by atoms with Crippen molar-refractivity contribution in [2.75, 3.05) is 13.1 Å². The third-order valence-electron chi connectivity index (χ3n) is 4.72. The third-order valence-corrected chi connectivity index (χ3v) is 4.72. The Bertz CT molecular complexity index is 885. The zero-order chi connectivity index (χ0) is 18.5. The second kappa shape index (κ2) is 8.18. The van der Waals surface area contributed by atoms with Crippen LogP contribution in [0.4, 0.5) is 0 Å². The molecule has 2 N–H and O–H groups in total. The van der Waals surface area contributed by atoms with Crippen molar-refractivity contribution < 1.29 is 4.79 Å². The summed E-state index contributed by atoms with van der Waals surface area (Å²) < 4.78 is 1.92. The minimum atomic E-state index is 0.193. The maximum absolute atomic E-state index is 11.7. The molecule has 0 saturated heterocycles. The Hall–Kier alpha value is -2.92. The van der Waals surface area contributed by atoms with E-state index < -0.39 is 0 Å². The second-order valence-corrected chi connectivity index (χ2v) is 6.89. The highest BCUT2D eigenvalue weighted by Crippen LogP contribution is 2.28. The number of rotatable bonds is 8. The Morgan fingerprint density at radius 1 is 1.00 bits per heavy atom. The fourth-order valence-corrected chi connectivity index (χ4v) is 3.08. The Labute approximate surface area is 159 Å². The predicted molar refractivity (Wildman–Crippen MR) is 106 cm³/mol. The summed E-state index contributed by atoms with van der Waals surface area (Å²) in [5, 5.41) is 11.2. The number of benzene rings is 2. The summed E-state index contributed by atoms with van der Waals surface area (Å²) in [7, 11) is 0. The van der Waals surface area contributed by atoms with Gasteiger partial charge in [0.15, 0.2) is 0 Å². The van der Waals surface area contributed by atoms with Crippen molar-refractivity contribution in [2.24, 2.45) is 5.92 Å². The second-order valence-electron chi connectivity index (χ2n) is 6.89. The van der Waals surface area contributed by atoms with E-state index in [2.05, 4.69) is 29.0 Å². The summed E-state index contributed by atoms with van der Waals surface area (Å²) in [5.41, 5.74) is 4.26. The molecule has 138 valence electrons. The zero-order valence-corrected chi connectivity index (χ0v) is 15.3. The molecule has 5 nitrogen and oxygen atoms in total. The van der Waals surface area contributed by atoms with Crippen molar-refractivity contribution in [1.82, 2.24) is 20.4 Å². The fourth-order valence-electron chi connectivity index (χ4n) is 3.08. The first kappa shape index (κ1) is 17.5. The van der Waals surface area contributed by atoms with E-state index in [-0.39, 0.29) is 11.8 Å². The highest BCUT2D eigenvalue weighted by atomic mass is 16.2. The van der Waals surface area contributed by atoms with Crippen LogP contribution in [0.3, 0.4) is 0 Å². The Kier molecular flexibility index (Phi) is 5.30. The molecule has 0 spiro atoms. The van der Waals surface area contributed by atoms with Crippen molar-refractivity contribution in [1.29, 1.82) is 0 Å². The van der Waals surface area contributed by atoms with Gasteiger partial charge in [0.2, 0.25) is 5.91 Å². The predicted octanol–water partition coefficient (Wildman–Crippen LogP) is 3.16. The lowest BCUT2D eigenvalue weighted by Crippen LogP contribution is -2.32. The van der Waals surface area contributed by atoms with Crippen molar-refractivity contribution in [2.45, 2.75) is 19.4 Å². The molecular weight excluding hydrogens is 336 g/mol. The van der Waals surface area contributed by atoms with E-state index in [0.717, 1.165) is 41.9 Å². The summed E-state index contributed by atoms with van der Waals surface area (Å²) in [6.45, 7) is 2.10. The molecule has 27 heavy (non-hydrogen) atoms. The molecule has 5 heteroatoms. The first-order valence-corrected chi connectivity index (χ1v) is 9.49. The number of para-hydroxylation sites is 1. The van der Waals surface area contributed by atoms with Crippen LogP contribution >= 0.6 is 0 Å². The molecule has 3 aromatic rings. The number of nitrogens with zero attached hydrogens (tertiary/aromatic N) is 2. The zero-order valence-electron chi connectivity index (χ0n) is 15.3. The molecule has 2 aromatic carbocycles. The molecule has 0 aliphatic heterocycles. The van der Waals surface area contributed by atoms with E-state index in [1.165, 1.54) is 0 Å². The van der Waals surface area contributed by atoms with Gasteiger partial charge in [0.1, 0.15) is 0 Å². The van der Waals surface area contributed by atoms with Crippen LogP contribution in [0.2, 0.25) is 0 Å². The average molecular weight is 360 g/mol. The quantitative estimate of drug-likeness (QED) is 0.607. The SMILES string of the molecule is O=C(NCCNCc1cn(-c2ccccc2)nc1-c1ccccc1)C1CC1. The van der Waals surface area contributed by atoms with Gasteiger partial charge in [-0.25, -0.2) is 4.68 Å². The standard InChI is InChI=1S/C22H24N4O/c27-22(18-11-12-18)24-14-13-23-15-19-16-26(20-9-5-2-6-10-20)25-21(19)17-7-3-1-4-8-17/h1-10,16,18,23H,11-15H2,(H,24,27). The maximum Gasteiger partial charge on any atom is 0.223 e. The minimum absolute atomic E-state index is 0.193. The molecule has 1 aliphatic carbocycles. The molecule has 1 aliphatic rings. The van der Waals surface area contributed by atoms with Crippen LogP contribution in [0.15, 0.2) is 66.9 Å². The summed E-state index contributed by atoms with van der Waals surface area (Å²) in [6, 6.07) is 20.4. The van der Waals surface area contributed by atoms with Gasteiger partial charge in [-0.05, 0) is 25.0 Å². The lowest BCUT2D eigenvalue weighted by atomic mass is 10.1. The van der Waals surface area contributed by atoms with Crippen LogP contribution in [0.5, 0.6) is 0 Å². The van der Waals surface area contributed by atoms with Crippen LogP contribution in [-0.4, -0.2) is 28.8 Å². The minimum Gasteiger partial charge on any atom is -0.355 e. The van der Waals surface area contributed by atoms with Crippen LogP contribution in [0.25, 0.3) is 16.9 Å². The third kappa shape index (κ3) is 4.44. The Balaban J connectivity index is 1.45. The van der Waals surface area contributed by atoms with E-state index in [4.69, 9.17) is 5.10 Å². The highest BCUT2D eigenvalue weighted by Gasteiger charge is 2.28. The van der Waals surface area contributed by atoms with E-state index >= 15 is 0 Å². The van der Waals surface area contributed by atoms with E-state index in [1.54, 1.807) is 0 Å². The number of carbonyl (C=O) groups excluding carboxylic acids is 1. The first-order chi connectivity index (χ1) is 13.3. The van der Waals surface area contributed by atoms with E-state index in [0.29, 0.717) is 13.1 Å². The molecule has 1 fully saturated rings. The van der Waals surface area contributed by atoms with Gasteiger partial charge in [-0.15, -0.1) is 0 Å². The molecule has 1 saturated carbocycles. The molecule has 4 rings (SSSR count). The molecule has 0 bridgehead atoms. The Morgan fingerprint density at radius 3 is 2.41 bits per heavy atom. The van der Waals surface area contributed by atoms with Gasteiger partial charge in [-0.2, -0.15) is 5.10 Å². The molecule has 1 amide bonds. The van der Waals surface area contributed by atoms with Gasteiger partial charge in [-0.1, -0.05) is 48.5 Å². The molecule has 1 heterocycles. The monoisotopic (exact) mass is 360 g/mol. The van der Waals surface area contributed by atoms with Crippen LogP contribution in [0.1, 0.15) is 18.4 Å². The summed E-state index contributed by atoms with van der Waals surface area (Å²) in [4.78, 5) is 11.7. The van der Waals surface area contributed by atoms with Gasteiger partial charge in [0.25, 0.3) is 0 Å². The highest BCUT2D eigenvalue weighted by molar-refractivity contribution is 5.80. The number of hydrogen-bond acceptors (Lipinski definition) is 3. The van der Waals surface area contributed by atoms with Gasteiger partial charge >= 0.3 is 0 Å². The van der Waals surface area contributed by atoms with Gasteiger partial charge in [-0.3, -0.25) is 4.79 Å². The number of carbonyl (C=O) groups is 1. The van der Waals surface area contributed by atoms with Crippen LogP contribution in [-0.2, 0) is 11.3 Å². The lowest BCUT2D eigenvalue weighted by molar-refractivity contribution is -0.122. The maximum atomic E-state index is 11.7. The molecule has 0 atom stereocenters. The van der Waals surface area contributed by atoms with E-state index in [9.17, 15) is 4.79 Å². The number of amides is 1. The number of nitrogens with one attached hydrogen (secondary N) is 2. The molecular formula is C22H24N4O. The van der Waals surface area contributed by atoms with Crippen LogP contribution in [0, 0.1) is 5.92 Å². The molecule has 0 unspecified atom stereocenters. The Morgan fingerprint density at radius 2 is 1.70 bits per heavy atom. The van der Waals surface area contributed by atoms with Gasteiger partial charge < -0.3 is 10.6 Å². The molecule has 0 radical (unpaired) electrons.